The zero-order valence-electron chi connectivity index (χ0n) is 12.7. The van der Waals surface area contributed by atoms with Crippen LogP contribution in [0.3, 0.4) is 0 Å². The fourth-order valence-electron chi connectivity index (χ4n) is 2.57. The van der Waals surface area contributed by atoms with Gasteiger partial charge < -0.3 is 20.5 Å². The number of benzene rings is 2. The first-order valence-corrected chi connectivity index (χ1v) is 6.91. The van der Waals surface area contributed by atoms with Gasteiger partial charge in [0.15, 0.2) is 0 Å². The second-order valence-corrected chi connectivity index (χ2v) is 4.78. The second kappa shape index (κ2) is 7.11. The predicted octanol–water partition coefficient (Wildman–Crippen LogP) is 2.66. The quantitative estimate of drug-likeness (QED) is 0.857. The van der Waals surface area contributed by atoms with Gasteiger partial charge in [0.05, 0.1) is 26.3 Å². The van der Waals surface area contributed by atoms with Crippen molar-refractivity contribution < 1.29 is 9.47 Å². The Morgan fingerprint density at radius 1 is 0.857 bits per heavy atom. The van der Waals surface area contributed by atoms with Crippen LogP contribution in [0.1, 0.15) is 23.2 Å². The van der Waals surface area contributed by atoms with Gasteiger partial charge in [-0.1, -0.05) is 36.4 Å². The number of methoxy groups -OCH3 is 2. The zero-order valence-corrected chi connectivity index (χ0v) is 12.7. The van der Waals surface area contributed by atoms with Gasteiger partial charge >= 0.3 is 0 Å². The fraction of sp³-hybridized carbons (Fsp3) is 0.294. The van der Waals surface area contributed by atoms with Gasteiger partial charge in [-0.15, -0.1) is 0 Å². The van der Waals surface area contributed by atoms with Gasteiger partial charge in [-0.3, -0.25) is 0 Å². The molecule has 0 bridgehead atoms. The van der Waals surface area contributed by atoms with E-state index in [1.165, 1.54) is 0 Å². The molecule has 4 heteroatoms. The van der Waals surface area contributed by atoms with Gasteiger partial charge in [0.1, 0.15) is 11.5 Å². The number of likely N-dealkylation sites (N-methyl/N-ethyl adjacent to an activating group) is 1. The molecule has 112 valence electrons. The SMILES string of the molecule is CNC(c1ccccc1OC)C(N)c1ccccc1OC. The minimum absolute atomic E-state index is 0.0718. The predicted molar refractivity (Wildman–Crippen MR) is 84.7 cm³/mol. The van der Waals surface area contributed by atoms with Crippen LogP contribution in [-0.2, 0) is 0 Å². The van der Waals surface area contributed by atoms with E-state index >= 15 is 0 Å². The van der Waals surface area contributed by atoms with Crippen molar-refractivity contribution in [3.05, 3.63) is 59.7 Å². The monoisotopic (exact) mass is 286 g/mol. The van der Waals surface area contributed by atoms with Gasteiger partial charge in [-0.05, 0) is 19.2 Å². The van der Waals surface area contributed by atoms with E-state index in [9.17, 15) is 0 Å². The van der Waals surface area contributed by atoms with Crippen molar-refractivity contribution in [2.24, 2.45) is 5.73 Å². The van der Waals surface area contributed by atoms with Crippen LogP contribution in [0.4, 0.5) is 0 Å². The Kier molecular flexibility index (Phi) is 5.20. The highest BCUT2D eigenvalue weighted by Gasteiger charge is 2.24. The normalized spacial score (nSPS) is 13.5. The minimum Gasteiger partial charge on any atom is -0.496 e. The lowest BCUT2D eigenvalue weighted by Gasteiger charge is -2.26. The third-order valence-corrected chi connectivity index (χ3v) is 3.64. The lowest BCUT2D eigenvalue weighted by molar-refractivity contribution is 0.380. The average Bonchev–Trinajstić information content (AvgIpc) is 2.55. The Balaban J connectivity index is 2.41. The van der Waals surface area contributed by atoms with Crippen molar-refractivity contribution in [3.8, 4) is 11.5 Å². The molecule has 2 rings (SSSR count). The van der Waals surface area contributed by atoms with Gasteiger partial charge in [0, 0.05) is 11.1 Å². The molecule has 0 aliphatic rings. The molecule has 0 aliphatic carbocycles. The third kappa shape index (κ3) is 3.17. The maximum atomic E-state index is 6.48. The van der Waals surface area contributed by atoms with Crippen LogP contribution in [0.5, 0.6) is 11.5 Å². The lowest BCUT2D eigenvalue weighted by Crippen LogP contribution is -2.30. The molecule has 0 spiro atoms. The molecule has 0 saturated heterocycles. The summed E-state index contributed by atoms with van der Waals surface area (Å²) in [6.07, 6.45) is 0. The number of nitrogens with two attached hydrogens (primary N) is 1. The molecule has 0 heterocycles. The topological polar surface area (TPSA) is 56.5 Å². The molecule has 2 atom stereocenters. The molecule has 0 aliphatic heterocycles. The summed E-state index contributed by atoms with van der Waals surface area (Å²) < 4.78 is 10.9. The molecule has 2 aromatic rings. The van der Waals surface area contributed by atoms with E-state index in [1.54, 1.807) is 14.2 Å². The Bertz CT molecular complexity index is 587. The maximum absolute atomic E-state index is 6.48. The van der Waals surface area contributed by atoms with Crippen LogP contribution in [0, 0.1) is 0 Å². The Morgan fingerprint density at radius 2 is 1.33 bits per heavy atom. The molecular formula is C17H22N2O2. The number of ether oxygens (including phenoxy) is 2. The minimum atomic E-state index is -0.248. The van der Waals surface area contributed by atoms with Crippen LogP contribution >= 0.6 is 0 Å². The summed E-state index contributed by atoms with van der Waals surface area (Å²) in [4.78, 5) is 0. The van der Waals surface area contributed by atoms with E-state index in [4.69, 9.17) is 15.2 Å². The van der Waals surface area contributed by atoms with Crippen LogP contribution in [0.25, 0.3) is 0 Å². The van der Waals surface area contributed by atoms with E-state index in [1.807, 2.05) is 55.6 Å². The van der Waals surface area contributed by atoms with Gasteiger partial charge in [-0.25, -0.2) is 0 Å². The van der Waals surface area contributed by atoms with E-state index in [0.717, 1.165) is 22.6 Å². The molecule has 0 aromatic heterocycles. The summed E-state index contributed by atoms with van der Waals surface area (Å²) in [5.74, 6) is 1.61. The number of hydrogen-bond acceptors (Lipinski definition) is 4. The molecule has 0 saturated carbocycles. The average molecular weight is 286 g/mol. The molecule has 0 amide bonds. The highest BCUT2D eigenvalue weighted by molar-refractivity contribution is 5.42. The molecule has 0 fully saturated rings. The van der Waals surface area contributed by atoms with Crippen molar-refractivity contribution >= 4 is 0 Å². The van der Waals surface area contributed by atoms with Gasteiger partial charge in [0.25, 0.3) is 0 Å². The summed E-state index contributed by atoms with van der Waals surface area (Å²) in [7, 11) is 5.22. The molecule has 21 heavy (non-hydrogen) atoms. The summed E-state index contributed by atoms with van der Waals surface area (Å²) >= 11 is 0. The Labute approximate surface area is 125 Å². The van der Waals surface area contributed by atoms with Crippen LogP contribution in [0.15, 0.2) is 48.5 Å². The van der Waals surface area contributed by atoms with E-state index in [2.05, 4.69) is 5.32 Å². The fourth-order valence-corrected chi connectivity index (χ4v) is 2.57. The Hall–Kier alpha value is -2.04. The van der Waals surface area contributed by atoms with Crippen molar-refractivity contribution in [2.45, 2.75) is 12.1 Å². The van der Waals surface area contributed by atoms with Gasteiger partial charge in [-0.2, -0.15) is 0 Å². The summed E-state index contributed by atoms with van der Waals surface area (Å²) in [6.45, 7) is 0. The summed E-state index contributed by atoms with van der Waals surface area (Å²) in [5.41, 5.74) is 8.48. The molecule has 3 N–H and O–H groups in total. The first kappa shape index (κ1) is 15.4. The highest BCUT2D eigenvalue weighted by Crippen LogP contribution is 2.35. The second-order valence-electron chi connectivity index (χ2n) is 4.78. The first-order chi connectivity index (χ1) is 10.2. The Morgan fingerprint density at radius 3 is 1.86 bits per heavy atom. The number of hydrogen-bond donors (Lipinski definition) is 2. The van der Waals surface area contributed by atoms with Crippen molar-refractivity contribution in [2.75, 3.05) is 21.3 Å². The van der Waals surface area contributed by atoms with Crippen molar-refractivity contribution in [1.82, 2.24) is 5.32 Å². The van der Waals surface area contributed by atoms with Crippen LogP contribution in [0.2, 0.25) is 0 Å². The third-order valence-electron chi connectivity index (χ3n) is 3.64. The first-order valence-electron chi connectivity index (χ1n) is 6.91. The van der Waals surface area contributed by atoms with E-state index in [0.29, 0.717) is 0 Å². The molecule has 2 unspecified atom stereocenters. The van der Waals surface area contributed by atoms with Crippen molar-refractivity contribution in [3.63, 3.8) is 0 Å². The van der Waals surface area contributed by atoms with Gasteiger partial charge in [0.2, 0.25) is 0 Å². The van der Waals surface area contributed by atoms with Crippen molar-refractivity contribution in [1.29, 1.82) is 0 Å². The molecule has 4 nitrogen and oxygen atoms in total. The zero-order chi connectivity index (χ0) is 15.2. The molecule has 0 radical (unpaired) electrons. The smallest absolute Gasteiger partial charge is 0.123 e. The highest BCUT2D eigenvalue weighted by atomic mass is 16.5. The summed E-state index contributed by atoms with van der Waals surface area (Å²) in [5, 5.41) is 3.28. The van der Waals surface area contributed by atoms with Crippen LogP contribution in [-0.4, -0.2) is 21.3 Å². The number of nitrogens with one attached hydrogen (secondary N) is 1. The standard InChI is InChI=1S/C17H22N2O2/c1-19-17(13-9-5-7-11-15(13)21-3)16(18)12-8-4-6-10-14(12)20-2/h4-11,16-17,19H,18H2,1-3H3. The maximum Gasteiger partial charge on any atom is 0.123 e. The largest absolute Gasteiger partial charge is 0.496 e. The number of rotatable bonds is 6. The number of para-hydroxylation sites is 2. The summed E-state index contributed by atoms with van der Waals surface area (Å²) in [6, 6.07) is 15.4. The van der Waals surface area contributed by atoms with Crippen LogP contribution < -0.4 is 20.5 Å². The van der Waals surface area contributed by atoms with E-state index in [-0.39, 0.29) is 12.1 Å². The molecular weight excluding hydrogens is 264 g/mol. The lowest BCUT2D eigenvalue weighted by atomic mass is 9.93. The molecule has 2 aromatic carbocycles. The van der Waals surface area contributed by atoms with E-state index < -0.39 is 0 Å².